The van der Waals surface area contributed by atoms with Crippen LogP contribution >= 0.6 is 0 Å². The average Bonchev–Trinajstić information content (AvgIpc) is 3.04. The highest BCUT2D eigenvalue weighted by Gasteiger charge is 2.70. The van der Waals surface area contributed by atoms with Gasteiger partial charge in [-0.05, 0) is 128 Å². The van der Waals surface area contributed by atoms with Crippen LogP contribution in [0.1, 0.15) is 113 Å². The Hall–Kier alpha value is -0.300. The largest absolute Gasteiger partial charge is 0.393 e. The van der Waals surface area contributed by atoms with E-state index in [9.17, 15) is 5.11 Å². The Morgan fingerprint density at radius 3 is 2.13 bits per heavy atom. The number of rotatable bonds is 1. The molecule has 0 radical (unpaired) electrons. The molecule has 5 fully saturated rings. The predicted octanol–water partition coefficient (Wildman–Crippen LogP) is 8.02. The minimum Gasteiger partial charge on any atom is -0.393 e. The fourth-order valence-electron chi connectivity index (χ4n) is 11.5. The van der Waals surface area contributed by atoms with E-state index in [1.165, 1.54) is 63.4 Å². The first-order chi connectivity index (χ1) is 14.3. The van der Waals surface area contributed by atoms with Gasteiger partial charge in [0.1, 0.15) is 0 Å². The average molecular weight is 427 g/mol. The van der Waals surface area contributed by atoms with E-state index >= 15 is 0 Å². The molecule has 1 nitrogen and oxygen atoms in total. The molecular weight excluding hydrogens is 376 g/mol. The van der Waals surface area contributed by atoms with Gasteiger partial charge in [0.05, 0.1) is 6.10 Å². The van der Waals surface area contributed by atoms with Gasteiger partial charge in [-0.15, -0.1) is 0 Å². The molecule has 31 heavy (non-hydrogen) atoms. The number of hydrogen-bond acceptors (Lipinski definition) is 1. The van der Waals surface area contributed by atoms with Crippen LogP contribution in [0.3, 0.4) is 0 Å². The molecule has 5 saturated carbocycles. The quantitative estimate of drug-likeness (QED) is 0.421. The van der Waals surface area contributed by atoms with Crippen molar-refractivity contribution in [2.75, 3.05) is 0 Å². The molecule has 0 aliphatic heterocycles. The SMILES string of the molecule is C=C(C)[C@H]1CC[C@]2(C)CC[C@@]3(C)[C@H](CC[C@@H]4[C@]5(C)CC[C@@H](O)C(C)(C)[C@@H]5CC[C@@]43C)[C@H]12. The second-order valence-electron chi connectivity index (χ2n) is 14.7. The fourth-order valence-corrected chi connectivity index (χ4v) is 11.5. The predicted molar refractivity (Wildman–Crippen MR) is 131 cm³/mol. The normalized spacial score (nSPS) is 57.9. The van der Waals surface area contributed by atoms with Gasteiger partial charge in [0.2, 0.25) is 0 Å². The zero-order valence-corrected chi connectivity index (χ0v) is 21.7. The third-order valence-corrected chi connectivity index (χ3v) is 13.5. The molecule has 10 atom stereocenters. The van der Waals surface area contributed by atoms with Crippen molar-refractivity contribution in [3.05, 3.63) is 12.2 Å². The number of hydrogen-bond donors (Lipinski definition) is 1. The van der Waals surface area contributed by atoms with Crippen LogP contribution in [0.15, 0.2) is 12.2 Å². The molecule has 1 N–H and O–H groups in total. The van der Waals surface area contributed by atoms with Crippen molar-refractivity contribution in [1.82, 2.24) is 0 Å². The summed E-state index contributed by atoms with van der Waals surface area (Å²) in [6, 6.07) is 0. The molecular formula is C30H50O. The van der Waals surface area contributed by atoms with E-state index in [0.29, 0.717) is 27.6 Å². The van der Waals surface area contributed by atoms with Gasteiger partial charge >= 0.3 is 0 Å². The molecule has 0 amide bonds. The zero-order chi connectivity index (χ0) is 22.6. The lowest BCUT2D eigenvalue weighted by Gasteiger charge is -2.73. The van der Waals surface area contributed by atoms with Gasteiger partial charge in [-0.25, -0.2) is 0 Å². The Labute approximate surface area is 192 Å². The number of aliphatic hydroxyl groups is 1. The highest BCUT2D eigenvalue weighted by atomic mass is 16.3. The van der Waals surface area contributed by atoms with Gasteiger partial charge in [-0.2, -0.15) is 0 Å². The molecule has 5 aliphatic carbocycles. The summed E-state index contributed by atoms with van der Waals surface area (Å²) in [4.78, 5) is 0. The van der Waals surface area contributed by atoms with Gasteiger partial charge in [-0.1, -0.05) is 53.7 Å². The fraction of sp³-hybridized carbons (Fsp3) is 0.933. The molecule has 0 unspecified atom stereocenters. The first-order valence-corrected chi connectivity index (χ1v) is 13.6. The summed E-state index contributed by atoms with van der Waals surface area (Å²) in [6.07, 6.45) is 13.4. The Morgan fingerprint density at radius 1 is 0.742 bits per heavy atom. The van der Waals surface area contributed by atoms with E-state index in [2.05, 4.69) is 55.0 Å². The maximum absolute atomic E-state index is 10.9. The third-order valence-electron chi connectivity index (χ3n) is 13.5. The van der Waals surface area contributed by atoms with Gasteiger partial charge in [0.15, 0.2) is 0 Å². The lowest BCUT2D eigenvalue weighted by Crippen LogP contribution is -2.66. The van der Waals surface area contributed by atoms with Gasteiger partial charge < -0.3 is 5.11 Å². The highest BCUT2D eigenvalue weighted by molar-refractivity contribution is 5.21. The van der Waals surface area contributed by atoms with Crippen molar-refractivity contribution in [3.8, 4) is 0 Å². The molecule has 0 saturated heterocycles. The molecule has 0 aromatic heterocycles. The number of aliphatic hydroxyl groups excluding tert-OH is 1. The van der Waals surface area contributed by atoms with Crippen LogP contribution in [0.4, 0.5) is 0 Å². The van der Waals surface area contributed by atoms with Gasteiger partial charge in [0, 0.05) is 0 Å². The maximum atomic E-state index is 10.9. The summed E-state index contributed by atoms with van der Waals surface area (Å²) in [5.41, 5.74) is 3.38. The second-order valence-corrected chi connectivity index (χ2v) is 14.7. The van der Waals surface area contributed by atoms with E-state index in [4.69, 9.17) is 0 Å². The van der Waals surface area contributed by atoms with Crippen LogP contribution in [0.2, 0.25) is 0 Å². The molecule has 5 aliphatic rings. The summed E-state index contributed by atoms with van der Waals surface area (Å²) in [5, 5.41) is 10.9. The van der Waals surface area contributed by atoms with Crippen molar-refractivity contribution in [1.29, 1.82) is 0 Å². The number of fused-ring (bicyclic) bond motifs is 7. The summed E-state index contributed by atoms with van der Waals surface area (Å²) >= 11 is 0. The summed E-state index contributed by atoms with van der Waals surface area (Å²) < 4.78 is 0. The van der Waals surface area contributed by atoms with Crippen molar-refractivity contribution >= 4 is 0 Å². The molecule has 5 rings (SSSR count). The highest BCUT2D eigenvalue weighted by Crippen LogP contribution is 2.77. The van der Waals surface area contributed by atoms with Crippen LogP contribution in [-0.2, 0) is 0 Å². The van der Waals surface area contributed by atoms with E-state index in [0.717, 1.165) is 30.1 Å². The van der Waals surface area contributed by atoms with Crippen LogP contribution in [0.5, 0.6) is 0 Å². The molecule has 0 spiro atoms. The maximum Gasteiger partial charge on any atom is 0.0594 e. The molecule has 0 aromatic carbocycles. The van der Waals surface area contributed by atoms with Crippen LogP contribution in [-0.4, -0.2) is 11.2 Å². The molecule has 1 heteroatoms. The summed E-state index contributed by atoms with van der Waals surface area (Å²) in [7, 11) is 0. The first-order valence-electron chi connectivity index (χ1n) is 13.6. The minimum absolute atomic E-state index is 0.0632. The standard InChI is InChI=1S/C30H50O/c1-19(2)20-11-14-27(5)17-18-29(7)21(25(20)27)9-10-23-28(6)15-13-24(31)26(3,4)22(28)12-16-30(23,29)8/h20-25,31H,1,9-18H2,2-8H3/t20-,21-,22+,23-,24-,25+,27-,28-,29+,30+/m1/s1. The molecule has 0 aromatic rings. The molecule has 176 valence electrons. The summed E-state index contributed by atoms with van der Waals surface area (Å²) in [6.45, 7) is 22.3. The van der Waals surface area contributed by atoms with Crippen LogP contribution < -0.4 is 0 Å². The van der Waals surface area contributed by atoms with E-state index in [1.54, 1.807) is 0 Å². The van der Waals surface area contributed by atoms with E-state index < -0.39 is 0 Å². The van der Waals surface area contributed by atoms with Crippen molar-refractivity contribution in [2.45, 2.75) is 119 Å². The van der Waals surface area contributed by atoms with Crippen LogP contribution in [0, 0.1) is 56.7 Å². The second kappa shape index (κ2) is 6.64. The third kappa shape index (κ3) is 2.65. The minimum atomic E-state index is -0.118. The lowest BCUT2D eigenvalue weighted by molar-refractivity contribution is -0.246. The monoisotopic (exact) mass is 426 g/mol. The van der Waals surface area contributed by atoms with Crippen molar-refractivity contribution < 1.29 is 5.11 Å². The van der Waals surface area contributed by atoms with Gasteiger partial charge in [-0.3, -0.25) is 0 Å². The Balaban J connectivity index is 1.54. The zero-order valence-electron chi connectivity index (χ0n) is 21.7. The first kappa shape index (κ1) is 22.5. The smallest absolute Gasteiger partial charge is 0.0594 e. The van der Waals surface area contributed by atoms with Crippen molar-refractivity contribution in [2.24, 2.45) is 56.7 Å². The Morgan fingerprint density at radius 2 is 1.45 bits per heavy atom. The molecule has 0 heterocycles. The lowest BCUT2D eigenvalue weighted by atomic mass is 9.32. The Bertz CT molecular complexity index is 766. The molecule has 0 bridgehead atoms. The summed E-state index contributed by atoms with van der Waals surface area (Å²) in [5.74, 6) is 3.98. The number of allylic oxidation sites excluding steroid dienone is 1. The van der Waals surface area contributed by atoms with Crippen LogP contribution in [0.25, 0.3) is 0 Å². The topological polar surface area (TPSA) is 20.2 Å². The Kier molecular flexibility index (Phi) is 4.82. The van der Waals surface area contributed by atoms with E-state index in [1.807, 2.05) is 0 Å². The van der Waals surface area contributed by atoms with E-state index in [-0.39, 0.29) is 11.5 Å². The van der Waals surface area contributed by atoms with Gasteiger partial charge in [0.25, 0.3) is 0 Å². The van der Waals surface area contributed by atoms with Crippen molar-refractivity contribution in [3.63, 3.8) is 0 Å².